The van der Waals surface area contributed by atoms with Gasteiger partial charge in [0, 0.05) is 36.5 Å². The first kappa shape index (κ1) is 22.7. The maximum atomic E-state index is 12.7. The number of sulfonamides is 1. The Labute approximate surface area is 202 Å². The lowest BCUT2D eigenvalue weighted by atomic mass is 10.2. The van der Waals surface area contributed by atoms with Crippen LogP contribution in [0.15, 0.2) is 76.9 Å². The van der Waals surface area contributed by atoms with Crippen molar-refractivity contribution in [2.24, 2.45) is 0 Å². The standard InChI is InChI=1S/C25H24N4O3S2/c30-24-21-17-22(20-9-5-2-6-10-20)33-25(21)27-23(26-24)18-28-12-14-29(15-13-28)34(31,32)16-11-19-7-3-1-4-8-19/h1-11,16-17H,12-15,18H2,(H,26,27,30)/b16-11+. The average Bonchev–Trinajstić information content (AvgIpc) is 3.29. The van der Waals surface area contributed by atoms with Crippen LogP contribution in [0.2, 0.25) is 0 Å². The van der Waals surface area contributed by atoms with Gasteiger partial charge in [-0.15, -0.1) is 11.3 Å². The second-order valence-electron chi connectivity index (χ2n) is 8.14. The number of aromatic nitrogens is 2. The summed E-state index contributed by atoms with van der Waals surface area (Å²) in [7, 11) is -3.48. The molecule has 0 atom stereocenters. The minimum Gasteiger partial charge on any atom is -0.309 e. The third kappa shape index (κ3) is 5.02. The molecule has 174 valence electrons. The summed E-state index contributed by atoms with van der Waals surface area (Å²) in [5.41, 5.74) is 1.76. The normalized spacial score (nSPS) is 15.9. The summed E-state index contributed by atoms with van der Waals surface area (Å²) in [5, 5.41) is 1.86. The molecule has 2 aromatic carbocycles. The largest absolute Gasteiger partial charge is 0.309 e. The molecule has 3 heterocycles. The van der Waals surface area contributed by atoms with E-state index in [1.165, 1.54) is 21.1 Å². The molecule has 1 fully saturated rings. The van der Waals surface area contributed by atoms with Crippen molar-refractivity contribution in [2.45, 2.75) is 6.54 Å². The highest BCUT2D eigenvalue weighted by Crippen LogP contribution is 2.30. The van der Waals surface area contributed by atoms with Crippen LogP contribution in [0.25, 0.3) is 26.7 Å². The molecule has 1 N–H and O–H groups in total. The van der Waals surface area contributed by atoms with Gasteiger partial charge < -0.3 is 4.98 Å². The van der Waals surface area contributed by atoms with Crippen molar-refractivity contribution in [1.82, 2.24) is 19.2 Å². The van der Waals surface area contributed by atoms with Crippen LogP contribution < -0.4 is 5.56 Å². The molecule has 0 amide bonds. The molecule has 0 saturated carbocycles. The highest BCUT2D eigenvalue weighted by atomic mass is 32.2. The number of aromatic amines is 1. The van der Waals surface area contributed by atoms with Gasteiger partial charge in [-0.3, -0.25) is 9.69 Å². The van der Waals surface area contributed by atoms with Gasteiger partial charge in [-0.1, -0.05) is 60.7 Å². The van der Waals surface area contributed by atoms with Crippen LogP contribution in [0, 0.1) is 0 Å². The van der Waals surface area contributed by atoms with Gasteiger partial charge in [-0.05, 0) is 23.3 Å². The second kappa shape index (κ2) is 9.63. The predicted octanol–water partition coefficient (Wildman–Crippen LogP) is 3.77. The molecule has 1 aliphatic heterocycles. The molecule has 9 heteroatoms. The van der Waals surface area contributed by atoms with Crippen molar-refractivity contribution in [2.75, 3.05) is 26.2 Å². The summed E-state index contributed by atoms with van der Waals surface area (Å²) in [6.45, 7) is 2.40. The molecule has 2 aromatic heterocycles. The highest BCUT2D eigenvalue weighted by molar-refractivity contribution is 7.92. The van der Waals surface area contributed by atoms with E-state index in [2.05, 4.69) is 14.9 Å². The Hall–Kier alpha value is -3.11. The van der Waals surface area contributed by atoms with Crippen molar-refractivity contribution >= 4 is 37.7 Å². The number of hydrogen-bond donors (Lipinski definition) is 1. The predicted molar refractivity (Wildman–Crippen MR) is 137 cm³/mol. The van der Waals surface area contributed by atoms with E-state index in [1.54, 1.807) is 6.08 Å². The van der Waals surface area contributed by atoms with Gasteiger partial charge in [-0.25, -0.2) is 13.4 Å². The summed E-state index contributed by atoms with van der Waals surface area (Å²) in [6.07, 6.45) is 1.62. The molecule has 0 aliphatic carbocycles. The summed E-state index contributed by atoms with van der Waals surface area (Å²) >= 11 is 1.50. The first-order chi connectivity index (χ1) is 16.5. The van der Waals surface area contributed by atoms with Crippen molar-refractivity contribution in [3.05, 3.63) is 93.9 Å². The quantitative estimate of drug-likeness (QED) is 0.443. The van der Waals surface area contributed by atoms with Crippen LogP contribution in [-0.4, -0.2) is 53.8 Å². The van der Waals surface area contributed by atoms with E-state index in [-0.39, 0.29) is 5.56 Å². The second-order valence-corrected chi connectivity index (χ2v) is 11.0. The van der Waals surface area contributed by atoms with E-state index in [9.17, 15) is 13.2 Å². The summed E-state index contributed by atoms with van der Waals surface area (Å²) < 4.78 is 26.9. The monoisotopic (exact) mass is 492 g/mol. The fraction of sp³-hybridized carbons (Fsp3) is 0.200. The summed E-state index contributed by atoms with van der Waals surface area (Å²) in [6, 6.07) is 21.2. The highest BCUT2D eigenvalue weighted by Gasteiger charge is 2.25. The van der Waals surface area contributed by atoms with Gasteiger partial charge in [0.25, 0.3) is 5.56 Å². The summed E-state index contributed by atoms with van der Waals surface area (Å²) in [4.78, 5) is 24.1. The number of rotatable bonds is 6. The molecule has 0 spiro atoms. The molecule has 5 rings (SSSR count). The number of fused-ring (bicyclic) bond motifs is 1. The SMILES string of the molecule is O=c1[nH]c(CN2CCN(S(=O)(=O)/C=C/c3ccccc3)CC2)nc2sc(-c3ccccc3)cc12. The first-order valence-corrected chi connectivity index (χ1v) is 13.3. The van der Waals surface area contributed by atoms with E-state index in [1.807, 2.05) is 66.7 Å². The zero-order valence-corrected chi connectivity index (χ0v) is 20.1. The Morgan fingerprint density at radius 3 is 2.35 bits per heavy atom. The third-order valence-corrected chi connectivity index (χ3v) is 8.45. The lowest BCUT2D eigenvalue weighted by molar-refractivity contribution is 0.179. The number of nitrogens with one attached hydrogen (secondary N) is 1. The van der Waals surface area contributed by atoms with Gasteiger partial charge in [0.2, 0.25) is 10.0 Å². The maximum Gasteiger partial charge on any atom is 0.259 e. The molecule has 0 bridgehead atoms. The van der Waals surface area contributed by atoms with Crippen LogP contribution in [0.3, 0.4) is 0 Å². The number of H-pyrrole nitrogens is 1. The molecular formula is C25H24N4O3S2. The number of hydrogen-bond acceptors (Lipinski definition) is 6. The molecule has 4 aromatic rings. The van der Waals surface area contributed by atoms with Crippen molar-refractivity contribution < 1.29 is 8.42 Å². The van der Waals surface area contributed by atoms with Crippen LogP contribution in [0.4, 0.5) is 0 Å². The van der Waals surface area contributed by atoms with Crippen LogP contribution in [0.1, 0.15) is 11.4 Å². The van der Waals surface area contributed by atoms with Crippen molar-refractivity contribution in [3.8, 4) is 10.4 Å². The zero-order valence-electron chi connectivity index (χ0n) is 18.4. The Morgan fingerprint density at radius 2 is 1.65 bits per heavy atom. The molecule has 1 saturated heterocycles. The average molecular weight is 493 g/mol. The van der Waals surface area contributed by atoms with Crippen LogP contribution in [0.5, 0.6) is 0 Å². The molecule has 0 unspecified atom stereocenters. The minimum absolute atomic E-state index is 0.148. The molecule has 1 aliphatic rings. The lowest BCUT2D eigenvalue weighted by Gasteiger charge is -2.32. The van der Waals surface area contributed by atoms with Gasteiger partial charge >= 0.3 is 0 Å². The fourth-order valence-electron chi connectivity index (χ4n) is 3.96. The fourth-order valence-corrected chi connectivity index (χ4v) is 6.19. The molecule has 34 heavy (non-hydrogen) atoms. The smallest absolute Gasteiger partial charge is 0.259 e. The Balaban J connectivity index is 1.25. The van der Waals surface area contributed by atoms with Gasteiger partial charge in [-0.2, -0.15) is 4.31 Å². The molecular weight excluding hydrogens is 468 g/mol. The van der Waals surface area contributed by atoms with Crippen molar-refractivity contribution in [1.29, 1.82) is 0 Å². The van der Waals surface area contributed by atoms with Crippen molar-refractivity contribution in [3.63, 3.8) is 0 Å². The van der Waals surface area contributed by atoms with E-state index >= 15 is 0 Å². The van der Waals surface area contributed by atoms with Gasteiger partial charge in [0.15, 0.2) is 0 Å². The zero-order chi connectivity index (χ0) is 23.5. The number of benzene rings is 2. The van der Waals surface area contributed by atoms with E-state index in [4.69, 9.17) is 0 Å². The number of piperazine rings is 1. The van der Waals surface area contributed by atoms with E-state index < -0.39 is 10.0 Å². The first-order valence-electron chi connectivity index (χ1n) is 11.0. The third-order valence-electron chi connectivity index (χ3n) is 5.81. The van der Waals surface area contributed by atoms with E-state index in [0.717, 1.165) is 16.0 Å². The molecule has 0 radical (unpaired) electrons. The lowest BCUT2D eigenvalue weighted by Crippen LogP contribution is -2.47. The summed E-state index contributed by atoms with van der Waals surface area (Å²) in [5.74, 6) is 0.597. The number of thiophene rings is 1. The molecule has 7 nitrogen and oxygen atoms in total. The Kier molecular flexibility index (Phi) is 6.42. The van der Waals surface area contributed by atoms with Crippen LogP contribution >= 0.6 is 11.3 Å². The Bertz CT molecular complexity index is 1470. The topological polar surface area (TPSA) is 86.4 Å². The van der Waals surface area contributed by atoms with E-state index in [0.29, 0.717) is 48.8 Å². The van der Waals surface area contributed by atoms with Gasteiger partial charge in [0.05, 0.1) is 11.9 Å². The maximum absolute atomic E-state index is 12.7. The van der Waals surface area contributed by atoms with Crippen LogP contribution in [-0.2, 0) is 16.6 Å². The minimum atomic E-state index is -3.48. The van der Waals surface area contributed by atoms with Gasteiger partial charge in [0.1, 0.15) is 10.7 Å². The number of nitrogens with zero attached hydrogens (tertiary/aromatic N) is 3. The Morgan fingerprint density at radius 1 is 0.971 bits per heavy atom.